The van der Waals surface area contributed by atoms with Gasteiger partial charge in [0.25, 0.3) is 5.91 Å². The van der Waals surface area contributed by atoms with Gasteiger partial charge in [-0.3, -0.25) is 9.59 Å². The molecular formula is C24H33N5O3. The van der Waals surface area contributed by atoms with Gasteiger partial charge in [0.1, 0.15) is 22.9 Å². The molecule has 1 aliphatic rings. The minimum atomic E-state index is -1.06. The zero-order chi connectivity index (χ0) is 23.4. The number of ether oxygens (including phenoxy) is 1. The zero-order valence-electron chi connectivity index (χ0n) is 19.6. The number of carbonyl (C=O) groups excluding carboxylic acids is 2. The van der Waals surface area contributed by atoms with Crippen LogP contribution in [0.3, 0.4) is 0 Å². The summed E-state index contributed by atoms with van der Waals surface area (Å²) < 4.78 is 5.50. The summed E-state index contributed by atoms with van der Waals surface area (Å²) in [5.41, 5.74) is -0.531. The van der Waals surface area contributed by atoms with Gasteiger partial charge >= 0.3 is 0 Å². The van der Waals surface area contributed by atoms with Crippen LogP contribution in [0.2, 0.25) is 0 Å². The summed E-state index contributed by atoms with van der Waals surface area (Å²) in [5, 5.41) is 5.90. The molecule has 8 heteroatoms. The molecule has 1 fully saturated rings. The van der Waals surface area contributed by atoms with Gasteiger partial charge in [-0.25, -0.2) is 9.97 Å². The first kappa shape index (κ1) is 23.5. The second-order valence-corrected chi connectivity index (χ2v) is 9.13. The van der Waals surface area contributed by atoms with Crippen LogP contribution in [0.15, 0.2) is 36.4 Å². The molecule has 1 aromatic heterocycles. The smallest absolute Gasteiger partial charge is 0.258 e. The Morgan fingerprint density at radius 3 is 2.62 bits per heavy atom. The molecule has 172 valence electrons. The summed E-state index contributed by atoms with van der Waals surface area (Å²) in [6.45, 7) is 8.48. The van der Waals surface area contributed by atoms with Crippen molar-refractivity contribution in [3.63, 3.8) is 0 Å². The Hall–Kier alpha value is -3.16. The maximum Gasteiger partial charge on any atom is 0.258 e. The van der Waals surface area contributed by atoms with Crippen molar-refractivity contribution in [1.29, 1.82) is 0 Å². The molecular weight excluding hydrogens is 406 g/mol. The SMILES string of the molecule is CNc1cc(C)nc([C@@]2(C)CCCN(C(=O)C(C)(C)NC(=O)COc3ccccc3)C2)n1. The Bertz CT molecular complexity index is 963. The fraction of sp³-hybridized carbons (Fsp3) is 0.500. The van der Waals surface area contributed by atoms with Gasteiger partial charge in [0.15, 0.2) is 6.61 Å². The number of rotatable bonds is 7. The number of anilines is 1. The molecule has 2 amide bonds. The lowest BCUT2D eigenvalue weighted by atomic mass is 9.80. The van der Waals surface area contributed by atoms with Gasteiger partial charge in [0.05, 0.1) is 0 Å². The van der Waals surface area contributed by atoms with E-state index < -0.39 is 5.54 Å². The lowest BCUT2D eigenvalue weighted by Gasteiger charge is -2.42. The molecule has 0 unspecified atom stereocenters. The van der Waals surface area contributed by atoms with E-state index in [-0.39, 0.29) is 23.8 Å². The highest BCUT2D eigenvalue weighted by Gasteiger charge is 2.41. The average molecular weight is 440 g/mol. The van der Waals surface area contributed by atoms with Crippen molar-refractivity contribution in [2.24, 2.45) is 0 Å². The number of para-hydroxylation sites is 1. The van der Waals surface area contributed by atoms with Crippen LogP contribution >= 0.6 is 0 Å². The van der Waals surface area contributed by atoms with E-state index in [2.05, 4.69) is 27.5 Å². The van der Waals surface area contributed by atoms with E-state index in [1.54, 1.807) is 26.0 Å². The molecule has 0 aliphatic carbocycles. The largest absolute Gasteiger partial charge is 0.484 e. The third kappa shape index (κ3) is 5.55. The summed E-state index contributed by atoms with van der Waals surface area (Å²) in [6, 6.07) is 11.0. The quantitative estimate of drug-likeness (QED) is 0.689. The maximum atomic E-state index is 13.4. The number of nitrogens with one attached hydrogen (secondary N) is 2. The summed E-state index contributed by atoms with van der Waals surface area (Å²) >= 11 is 0. The first-order chi connectivity index (χ1) is 15.1. The average Bonchev–Trinajstić information content (AvgIpc) is 2.77. The first-order valence-electron chi connectivity index (χ1n) is 11.0. The number of carbonyl (C=O) groups is 2. The van der Waals surface area contributed by atoms with E-state index in [1.807, 2.05) is 43.1 Å². The van der Waals surface area contributed by atoms with Crippen LogP contribution in [-0.4, -0.2) is 59.0 Å². The van der Waals surface area contributed by atoms with Crippen LogP contribution < -0.4 is 15.4 Å². The van der Waals surface area contributed by atoms with Crippen LogP contribution in [0.5, 0.6) is 5.75 Å². The monoisotopic (exact) mass is 439 g/mol. The predicted molar refractivity (Wildman–Crippen MR) is 124 cm³/mol. The van der Waals surface area contributed by atoms with Crippen LogP contribution in [0, 0.1) is 6.92 Å². The fourth-order valence-electron chi connectivity index (χ4n) is 4.06. The number of nitrogens with zero attached hydrogens (tertiary/aromatic N) is 3. The van der Waals surface area contributed by atoms with E-state index >= 15 is 0 Å². The van der Waals surface area contributed by atoms with Gasteiger partial charge in [-0.05, 0) is 45.7 Å². The summed E-state index contributed by atoms with van der Waals surface area (Å²) in [7, 11) is 1.83. The Morgan fingerprint density at radius 1 is 1.22 bits per heavy atom. The van der Waals surface area contributed by atoms with Gasteiger partial charge in [-0.1, -0.05) is 25.1 Å². The first-order valence-corrected chi connectivity index (χ1v) is 11.0. The number of hydrogen-bond acceptors (Lipinski definition) is 6. The molecule has 1 atom stereocenters. The topological polar surface area (TPSA) is 96.5 Å². The zero-order valence-corrected chi connectivity index (χ0v) is 19.6. The number of aryl methyl sites for hydroxylation is 1. The molecule has 1 aromatic carbocycles. The molecule has 2 N–H and O–H groups in total. The Morgan fingerprint density at radius 2 is 1.94 bits per heavy atom. The lowest BCUT2D eigenvalue weighted by molar-refractivity contribution is -0.142. The standard InChI is InChI=1S/C24H33N5O3/c1-17-14-19(25-5)27-21(26-17)24(4)12-9-13-29(16-24)22(31)23(2,3)28-20(30)15-32-18-10-7-6-8-11-18/h6-8,10-11,14H,9,12-13,15-16H2,1-5H3,(H,28,30)(H,25,26,27)/t24-/m0/s1. The second-order valence-electron chi connectivity index (χ2n) is 9.13. The molecule has 32 heavy (non-hydrogen) atoms. The van der Waals surface area contributed by atoms with Crippen molar-refractivity contribution in [2.45, 2.75) is 51.5 Å². The van der Waals surface area contributed by atoms with Crippen LogP contribution in [0.25, 0.3) is 0 Å². The van der Waals surface area contributed by atoms with E-state index in [0.717, 1.165) is 30.2 Å². The van der Waals surface area contributed by atoms with E-state index in [0.29, 0.717) is 18.8 Å². The molecule has 2 aromatic rings. The molecule has 2 heterocycles. The minimum absolute atomic E-state index is 0.127. The summed E-state index contributed by atoms with van der Waals surface area (Å²) in [5.74, 6) is 1.64. The molecule has 0 saturated carbocycles. The fourth-order valence-corrected chi connectivity index (χ4v) is 4.06. The number of benzene rings is 1. The third-order valence-electron chi connectivity index (χ3n) is 5.73. The van der Waals surface area contributed by atoms with Gasteiger partial charge in [0.2, 0.25) is 5.91 Å². The molecule has 1 aliphatic heterocycles. The van der Waals surface area contributed by atoms with E-state index in [4.69, 9.17) is 4.74 Å². The highest BCUT2D eigenvalue weighted by Crippen LogP contribution is 2.33. The summed E-state index contributed by atoms with van der Waals surface area (Å²) in [4.78, 5) is 36.9. The molecule has 0 spiro atoms. The van der Waals surface area contributed by atoms with Crippen LogP contribution in [0.1, 0.15) is 45.1 Å². The highest BCUT2D eigenvalue weighted by atomic mass is 16.5. The van der Waals surface area contributed by atoms with Crippen LogP contribution in [-0.2, 0) is 15.0 Å². The van der Waals surface area contributed by atoms with Crippen molar-refractivity contribution in [3.05, 3.63) is 47.9 Å². The van der Waals surface area contributed by atoms with Crippen molar-refractivity contribution in [3.8, 4) is 5.75 Å². The predicted octanol–water partition coefficient (Wildman–Crippen LogP) is 2.68. The van der Waals surface area contributed by atoms with Gasteiger partial charge in [0, 0.05) is 37.3 Å². The maximum absolute atomic E-state index is 13.4. The highest BCUT2D eigenvalue weighted by molar-refractivity contribution is 5.91. The molecule has 8 nitrogen and oxygen atoms in total. The Balaban J connectivity index is 1.66. The number of amides is 2. The molecule has 1 saturated heterocycles. The second kappa shape index (κ2) is 9.54. The van der Waals surface area contributed by atoms with Gasteiger partial charge in [-0.15, -0.1) is 0 Å². The normalized spacial score (nSPS) is 18.7. The van der Waals surface area contributed by atoms with E-state index in [1.165, 1.54) is 0 Å². The third-order valence-corrected chi connectivity index (χ3v) is 5.73. The van der Waals surface area contributed by atoms with Crippen molar-refractivity contribution in [2.75, 3.05) is 32.1 Å². The number of piperidine rings is 1. The van der Waals surface area contributed by atoms with Crippen molar-refractivity contribution in [1.82, 2.24) is 20.2 Å². The molecule has 0 radical (unpaired) electrons. The summed E-state index contributed by atoms with van der Waals surface area (Å²) in [6.07, 6.45) is 1.73. The number of hydrogen-bond donors (Lipinski definition) is 2. The van der Waals surface area contributed by atoms with Crippen molar-refractivity contribution < 1.29 is 14.3 Å². The van der Waals surface area contributed by atoms with Gasteiger partial charge < -0.3 is 20.3 Å². The van der Waals surface area contributed by atoms with Crippen molar-refractivity contribution >= 4 is 17.6 Å². The molecule has 3 rings (SSSR count). The van der Waals surface area contributed by atoms with Gasteiger partial charge in [-0.2, -0.15) is 0 Å². The molecule has 0 bridgehead atoms. The Labute approximate surface area is 189 Å². The van der Waals surface area contributed by atoms with Crippen LogP contribution in [0.4, 0.5) is 5.82 Å². The number of aromatic nitrogens is 2. The number of likely N-dealkylation sites (tertiary alicyclic amines) is 1. The minimum Gasteiger partial charge on any atom is -0.484 e. The van der Waals surface area contributed by atoms with E-state index in [9.17, 15) is 9.59 Å². The Kier molecular flexibility index (Phi) is 7.01. The lowest BCUT2D eigenvalue weighted by Crippen LogP contribution is -2.60.